The zero-order valence-electron chi connectivity index (χ0n) is 13.7. The molecule has 0 spiro atoms. The van der Waals surface area contributed by atoms with E-state index in [1.54, 1.807) is 6.07 Å². The quantitative estimate of drug-likeness (QED) is 0.883. The maximum absolute atomic E-state index is 11.3. The normalized spacial score (nSPS) is 32.1. The number of nitrogens with zero attached hydrogens (tertiary/aromatic N) is 1. The second-order valence-corrected chi connectivity index (χ2v) is 7.03. The van der Waals surface area contributed by atoms with Crippen molar-refractivity contribution in [2.24, 2.45) is 11.7 Å². The van der Waals surface area contributed by atoms with Crippen LogP contribution in [0.5, 0.6) is 0 Å². The van der Waals surface area contributed by atoms with Crippen molar-refractivity contribution in [1.82, 2.24) is 4.90 Å². The summed E-state index contributed by atoms with van der Waals surface area (Å²) in [5, 5.41) is 10.7. The number of rotatable bonds is 4. The summed E-state index contributed by atoms with van der Waals surface area (Å²) in [7, 11) is 0. The molecule has 0 aromatic heterocycles. The predicted octanol–water partition coefficient (Wildman–Crippen LogP) is 1.54. The van der Waals surface area contributed by atoms with Crippen molar-refractivity contribution in [3.63, 3.8) is 0 Å². The van der Waals surface area contributed by atoms with Gasteiger partial charge in [-0.15, -0.1) is 0 Å². The van der Waals surface area contributed by atoms with Crippen LogP contribution in [0.25, 0.3) is 0 Å². The second-order valence-electron chi connectivity index (χ2n) is 7.03. The van der Waals surface area contributed by atoms with Gasteiger partial charge in [-0.25, -0.2) is 0 Å². The molecule has 23 heavy (non-hydrogen) atoms. The molecule has 0 bridgehead atoms. The fraction of sp³-hybridized carbons (Fsp3) is 0.611. The lowest BCUT2D eigenvalue weighted by Crippen LogP contribution is -2.52. The van der Waals surface area contributed by atoms with Gasteiger partial charge in [-0.05, 0) is 50.4 Å². The van der Waals surface area contributed by atoms with E-state index in [4.69, 9.17) is 10.5 Å². The zero-order chi connectivity index (χ0) is 16.4. The molecule has 5 heteroatoms. The summed E-state index contributed by atoms with van der Waals surface area (Å²) in [6.07, 6.45) is 2.91. The van der Waals surface area contributed by atoms with E-state index in [9.17, 15) is 9.90 Å². The van der Waals surface area contributed by atoms with Gasteiger partial charge in [-0.3, -0.25) is 9.69 Å². The Kier molecular flexibility index (Phi) is 4.71. The molecule has 3 rings (SSSR count). The molecule has 3 atom stereocenters. The van der Waals surface area contributed by atoms with Crippen LogP contribution in [-0.2, 0) is 11.3 Å². The highest BCUT2D eigenvalue weighted by molar-refractivity contribution is 5.92. The molecule has 1 aromatic carbocycles. The molecule has 0 radical (unpaired) electrons. The summed E-state index contributed by atoms with van der Waals surface area (Å²) in [5.41, 5.74) is 6.34. The Hall–Kier alpha value is -1.43. The number of hydrogen-bond acceptors (Lipinski definition) is 4. The highest BCUT2D eigenvalue weighted by Gasteiger charge is 2.43. The topological polar surface area (TPSA) is 75.8 Å². The molecule has 1 aromatic rings. The molecular weight excluding hydrogens is 292 g/mol. The number of benzene rings is 1. The number of amides is 1. The maximum atomic E-state index is 11.3. The first-order chi connectivity index (χ1) is 11.0. The average molecular weight is 318 g/mol. The minimum atomic E-state index is -0.666. The van der Waals surface area contributed by atoms with E-state index in [1.807, 2.05) is 25.1 Å². The average Bonchev–Trinajstić information content (AvgIpc) is 2.95. The van der Waals surface area contributed by atoms with Crippen LogP contribution >= 0.6 is 0 Å². The van der Waals surface area contributed by atoms with E-state index < -0.39 is 11.5 Å². The highest BCUT2D eigenvalue weighted by atomic mass is 16.5. The van der Waals surface area contributed by atoms with Crippen LogP contribution in [0, 0.1) is 5.92 Å². The molecule has 0 unspecified atom stereocenters. The summed E-state index contributed by atoms with van der Waals surface area (Å²) in [5.74, 6) is -0.258. The Bertz CT molecular complexity index is 573. The van der Waals surface area contributed by atoms with Gasteiger partial charge >= 0.3 is 0 Å². The summed E-state index contributed by atoms with van der Waals surface area (Å²) >= 11 is 0. The Morgan fingerprint density at radius 3 is 3.09 bits per heavy atom. The Morgan fingerprint density at radius 2 is 2.35 bits per heavy atom. The summed E-state index contributed by atoms with van der Waals surface area (Å²) < 4.78 is 5.63. The SMILES string of the molecule is C[C@]1(O)CCOC[C@@H]1[C@@H]1CCCN1Cc1cccc(C(N)=O)c1. The smallest absolute Gasteiger partial charge is 0.248 e. The van der Waals surface area contributed by atoms with Crippen molar-refractivity contribution < 1.29 is 14.6 Å². The van der Waals surface area contributed by atoms with Gasteiger partial charge in [0.25, 0.3) is 0 Å². The molecular formula is C18H26N2O3. The lowest BCUT2D eigenvalue weighted by molar-refractivity contribution is -0.123. The monoisotopic (exact) mass is 318 g/mol. The van der Waals surface area contributed by atoms with Crippen LogP contribution in [0.3, 0.4) is 0 Å². The van der Waals surface area contributed by atoms with Gasteiger partial charge in [-0.1, -0.05) is 12.1 Å². The van der Waals surface area contributed by atoms with Crippen molar-refractivity contribution in [2.75, 3.05) is 19.8 Å². The number of ether oxygens (including phenoxy) is 1. The fourth-order valence-electron chi connectivity index (χ4n) is 3.94. The third-order valence-electron chi connectivity index (χ3n) is 5.32. The molecule has 3 N–H and O–H groups in total. The molecule has 2 heterocycles. The van der Waals surface area contributed by atoms with E-state index in [-0.39, 0.29) is 5.92 Å². The Labute approximate surface area is 137 Å². The van der Waals surface area contributed by atoms with Gasteiger partial charge in [-0.2, -0.15) is 0 Å². The lowest BCUT2D eigenvalue weighted by Gasteiger charge is -2.43. The highest BCUT2D eigenvalue weighted by Crippen LogP contribution is 2.36. The van der Waals surface area contributed by atoms with E-state index in [0.29, 0.717) is 31.2 Å². The molecule has 126 valence electrons. The van der Waals surface area contributed by atoms with Crippen molar-refractivity contribution in [3.8, 4) is 0 Å². The van der Waals surface area contributed by atoms with Crippen LogP contribution < -0.4 is 5.73 Å². The Balaban J connectivity index is 1.74. The van der Waals surface area contributed by atoms with E-state index >= 15 is 0 Å². The largest absolute Gasteiger partial charge is 0.390 e. The van der Waals surface area contributed by atoms with Gasteiger partial charge < -0.3 is 15.6 Å². The van der Waals surface area contributed by atoms with Gasteiger partial charge in [0, 0.05) is 30.7 Å². The zero-order valence-corrected chi connectivity index (χ0v) is 13.7. The molecule has 0 saturated carbocycles. The third kappa shape index (κ3) is 3.57. The number of primary amides is 1. The Morgan fingerprint density at radius 1 is 1.52 bits per heavy atom. The number of aliphatic hydroxyl groups is 1. The first-order valence-corrected chi connectivity index (χ1v) is 8.40. The summed E-state index contributed by atoms with van der Waals surface area (Å²) in [6, 6.07) is 7.83. The molecule has 5 nitrogen and oxygen atoms in total. The van der Waals surface area contributed by atoms with Crippen molar-refractivity contribution in [1.29, 1.82) is 0 Å². The van der Waals surface area contributed by atoms with E-state index in [1.165, 1.54) is 0 Å². The number of carbonyl (C=O) groups is 1. The predicted molar refractivity (Wildman–Crippen MR) is 87.9 cm³/mol. The first-order valence-electron chi connectivity index (χ1n) is 8.40. The first kappa shape index (κ1) is 16.4. The summed E-state index contributed by atoms with van der Waals surface area (Å²) in [6.45, 7) is 4.98. The fourth-order valence-corrected chi connectivity index (χ4v) is 3.94. The standard InChI is InChI=1S/C18H26N2O3/c1-18(22)7-9-23-12-15(18)16-6-3-8-20(16)11-13-4-2-5-14(10-13)17(19)21/h2,4-5,10,15-16,22H,3,6-9,11-12H2,1H3,(H2,19,21)/t15-,16+,18+/m1/s1. The van der Waals surface area contributed by atoms with Crippen LogP contribution in [0.15, 0.2) is 24.3 Å². The third-order valence-corrected chi connectivity index (χ3v) is 5.32. The van der Waals surface area contributed by atoms with E-state index in [2.05, 4.69) is 4.90 Å². The number of likely N-dealkylation sites (tertiary alicyclic amines) is 1. The van der Waals surface area contributed by atoms with Crippen LogP contribution in [0.4, 0.5) is 0 Å². The van der Waals surface area contributed by atoms with Gasteiger partial charge in [0.15, 0.2) is 0 Å². The molecule has 2 saturated heterocycles. The minimum absolute atomic E-state index is 0.137. The maximum Gasteiger partial charge on any atom is 0.248 e. The molecule has 2 aliphatic heterocycles. The number of hydrogen-bond donors (Lipinski definition) is 2. The van der Waals surface area contributed by atoms with Crippen LogP contribution in [0.1, 0.15) is 42.1 Å². The molecule has 1 amide bonds. The minimum Gasteiger partial charge on any atom is -0.390 e. The van der Waals surface area contributed by atoms with Crippen LogP contribution in [0.2, 0.25) is 0 Å². The van der Waals surface area contributed by atoms with Gasteiger partial charge in [0.2, 0.25) is 5.91 Å². The molecule has 0 aliphatic carbocycles. The summed E-state index contributed by atoms with van der Waals surface area (Å²) in [4.78, 5) is 13.8. The van der Waals surface area contributed by atoms with Crippen molar-refractivity contribution >= 4 is 5.91 Å². The number of nitrogens with two attached hydrogens (primary N) is 1. The van der Waals surface area contributed by atoms with Crippen molar-refractivity contribution in [3.05, 3.63) is 35.4 Å². The second kappa shape index (κ2) is 6.59. The van der Waals surface area contributed by atoms with E-state index in [0.717, 1.165) is 31.5 Å². The molecule has 2 fully saturated rings. The molecule has 2 aliphatic rings. The lowest BCUT2D eigenvalue weighted by atomic mass is 9.79. The van der Waals surface area contributed by atoms with Crippen molar-refractivity contribution in [2.45, 2.75) is 44.4 Å². The van der Waals surface area contributed by atoms with Gasteiger partial charge in [0.05, 0.1) is 12.2 Å². The van der Waals surface area contributed by atoms with Gasteiger partial charge in [0.1, 0.15) is 0 Å². The van der Waals surface area contributed by atoms with Crippen LogP contribution in [-0.4, -0.2) is 47.3 Å². The number of carbonyl (C=O) groups excluding carboxylic acids is 1.